The Hall–Kier alpha value is -1.73. The van der Waals surface area contributed by atoms with Gasteiger partial charge in [-0.3, -0.25) is 4.90 Å². The molecule has 7 heteroatoms. The van der Waals surface area contributed by atoms with E-state index in [0.29, 0.717) is 5.92 Å². The molecule has 24 heavy (non-hydrogen) atoms. The summed E-state index contributed by atoms with van der Waals surface area (Å²) in [7, 11) is 1.93. The Morgan fingerprint density at radius 2 is 2.00 bits per heavy atom. The Labute approximate surface area is 143 Å². The summed E-state index contributed by atoms with van der Waals surface area (Å²) >= 11 is 0. The Morgan fingerprint density at radius 1 is 1.25 bits per heavy atom. The first kappa shape index (κ1) is 17.1. The summed E-state index contributed by atoms with van der Waals surface area (Å²) in [5.41, 5.74) is 0. The van der Waals surface area contributed by atoms with Gasteiger partial charge < -0.3 is 9.67 Å². The van der Waals surface area contributed by atoms with Crippen LogP contribution in [0, 0.1) is 11.8 Å². The molecule has 1 fully saturated rings. The molecule has 2 aromatic heterocycles. The highest BCUT2D eigenvalue weighted by Gasteiger charge is 2.28. The number of imidazole rings is 1. The first-order valence-corrected chi connectivity index (χ1v) is 8.79. The molecule has 3 heterocycles. The Kier molecular flexibility index (Phi) is 5.30. The van der Waals surface area contributed by atoms with Crippen LogP contribution in [0.3, 0.4) is 0 Å². The lowest BCUT2D eigenvalue weighted by molar-refractivity contribution is 0.0481. The van der Waals surface area contributed by atoms with E-state index in [1.54, 1.807) is 12.5 Å². The highest BCUT2D eigenvalue weighted by molar-refractivity contribution is 4.99. The number of hydrogen-bond donors (Lipinski definition) is 1. The average molecular weight is 332 g/mol. The maximum atomic E-state index is 10.6. The van der Waals surface area contributed by atoms with Crippen molar-refractivity contribution < 1.29 is 5.11 Å². The van der Waals surface area contributed by atoms with Crippen molar-refractivity contribution in [2.45, 2.75) is 45.9 Å². The van der Waals surface area contributed by atoms with Crippen LogP contribution in [-0.2, 0) is 20.1 Å². The zero-order chi connectivity index (χ0) is 17.1. The summed E-state index contributed by atoms with van der Waals surface area (Å²) in [6, 6.07) is 0. The lowest BCUT2D eigenvalue weighted by atomic mass is 9.90. The van der Waals surface area contributed by atoms with Gasteiger partial charge in [-0.15, -0.1) is 0 Å². The standard InChI is InChI=1S/C17H28N6O/c1-13(2)10-23-15(19-12-20-23)11-22-7-4-14(5-8-22)16(24)17-18-6-9-21(17)3/h6,9,12-14,16,24H,4-5,7-8,10-11H2,1-3H3/t16-/m0/s1. The quantitative estimate of drug-likeness (QED) is 0.870. The molecule has 132 valence electrons. The zero-order valence-corrected chi connectivity index (χ0v) is 14.8. The van der Waals surface area contributed by atoms with Gasteiger partial charge in [-0.25, -0.2) is 14.6 Å². The molecule has 7 nitrogen and oxygen atoms in total. The minimum absolute atomic E-state index is 0.274. The lowest BCUT2D eigenvalue weighted by Crippen LogP contribution is -2.36. The van der Waals surface area contributed by atoms with Gasteiger partial charge in [-0.05, 0) is 37.8 Å². The van der Waals surface area contributed by atoms with Crippen molar-refractivity contribution in [1.82, 2.24) is 29.2 Å². The van der Waals surface area contributed by atoms with Crippen LogP contribution < -0.4 is 0 Å². The van der Waals surface area contributed by atoms with E-state index in [1.165, 1.54) is 0 Å². The molecule has 0 saturated carbocycles. The van der Waals surface area contributed by atoms with Crippen molar-refractivity contribution in [2.24, 2.45) is 18.9 Å². The second kappa shape index (κ2) is 7.44. The van der Waals surface area contributed by atoms with E-state index < -0.39 is 6.10 Å². The predicted octanol–water partition coefficient (Wildman–Crippen LogP) is 1.61. The van der Waals surface area contributed by atoms with Crippen LogP contribution >= 0.6 is 0 Å². The number of aromatic nitrogens is 5. The fraction of sp³-hybridized carbons (Fsp3) is 0.706. The topological polar surface area (TPSA) is 72.0 Å². The van der Waals surface area contributed by atoms with Crippen molar-refractivity contribution >= 4 is 0 Å². The van der Waals surface area contributed by atoms with Gasteiger partial charge in [0.1, 0.15) is 24.1 Å². The normalized spacial score (nSPS) is 18.4. The maximum Gasteiger partial charge on any atom is 0.141 e. The van der Waals surface area contributed by atoms with E-state index >= 15 is 0 Å². The molecular formula is C17H28N6O. The third-order valence-corrected chi connectivity index (χ3v) is 4.80. The van der Waals surface area contributed by atoms with E-state index in [1.807, 2.05) is 22.5 Å². The van der Waals surface area contributed by atoms with Crippen molar-refractivity contribution in [3.63, 3.8) is 0 Å². The second-order valence-corrected chi connectivity index (χ2v) is 7.21. The molecule has 1 aliphatic heterocycles. The van der Waals surface area contributed by atoms with Gasteiger partial charge in [0.25, 0.3) is 0 Å². The minimum Gasteiger partial charge on any atom is -0.385 e. The number of hydrogen-bond acceptors (Lipinski definition) is 5. The Morgan fingerprint density at radius 3 is 2.62 bits per heavy atom. The number of rotatable bonds is 6. The molecule has 0 aromatic carbocycles. The number of nitrogens with zero attached hydrogens (tertiary/aromatic N) is 6. The van der Waals surface area contributed by atoms with Gasteiger partial charge in [0.15, 0.2) is 0 Å². The van der Waals surface area contributed by atoms with Crippen LogP contribution in [0.1, 0.15) is 44.4 Å². The molecule has 1 aliphatic rings. The number of aryl methyl sites for hydroxylation is 1. The molecule has 1 atom stereocenters. The van der Waals surface area contributed by atoms with E-state index in [0.717, 1.165) is 50.7 Å². The second-order valence-electron chi connectivity index (χ2n) is 7.21. The van der Waals surface area contributed by atoms with E-state index in [2.05, 4.69) is 33.8 Å². The first-order valence-electron chi connectivity index (χ1n) is 8.79. The smallest absolute Gasteiger partial charge is 0.141 e. The maximum absolute atomic E-state index is 10.6. The molecular weight excluding hydrogens is 304 g/mol. The van der Waals surface area contributed by atoms with E-state index in [4.69, 9.17) is 0 Å². The summed E-state index contributed by atoms with van der Waals surface area (Å²) in [4.78, 5) is 11.1. The molecule has 0 unspecified atom stereocenters. The van der Waals surface area contributed by atoms with E-state index in [-0.39, 0.29) is 5.92 Å². The third-order valence-electron chi connectivity index (χ3n) is 4.80. The van der Waals surface area contributed by atoms with Crippen LogP contribution in [0.2, 0.25) is 0 Å². The van der Waals surface area contributed by atoms with Crippen molar-refractivity contribution in [3.05, 3.63) is 30.4 Å². The van der Waals surface area contributed by atoms with Gasteiger partial charge in [-0.2, -0.15) is 5.10 Å². The van der Waals surface area contributed by atoms with Crippen LogP contribution in [0.25, 0.3) is 0 Å². The fourth-order valence-electron chi connectivity index (χ4n) is 3.41. The summed E-state index contributed by atoms with van der Waals surface area (Å²) in [5, 5.41) is 14.9. The Bertz CT molecular complexity index is 641. The number of piperidine rings is 1. The Balaban J connectivity index is 1.54. The SMILES string of the molecule is CC(C)Cn1ncnc1CN1CCC([C@H](O)c2nccn2C)CC1. The van der Waals surface area contributed by atoms with Gasteiger partial charge in [-0.1, -0.05) is 13.8 Å². The van der Waals surface area contributed by atoms with Crippen molar-refractivity contribution in [3.8, 4) is 0 Å². The lowest BCUT2D eigenvalue weighted by Gasteiger charge is -2.33. The predicted molar refractivity (Wildman–Crippen MR) is 91.0 cm³/mol. The van der Waals surface area contributed by atoms with Crippen LogP contribution in [0.4, 0.5) is 0 Å². The molecule has 1 N–H and O–H groups in total. The zero-order valence-electron chi connectivity index (χ0n) is 14.8. The largest absolute Gasteiger partial charge is 0.385 e. The van der Waals surface area contributed by atoms with E-state index in [9.17, 15) is 5.11 Å². The summed E-state index contributed by atoms with van der Waals surface area (Å²) in [6.07, 6.45) is 6.76. The number of likely N-dealkylation sites (tertiary alicyclic amines) is 1. The van der Waals surface area contributed by atoms with Crippen molar-refractivity contribution in [1.29, 1.82) is 0 Å². The molecule has 0 radical (unpaired) electrons. The molecule has 0 amide bonds. The van der Waals surface area contributed by atoms with Crippen LogP contribution in [0.15, 0.2) is 18.7 Å². The minimum atomic E-state index is -0.475. The molecule has 0 bridgehead atoms. The summed E-state index contributed by atoms with van der Waals surface area (Å²) in [6.45, 7) is 8.06. The highest BCUT2D eigenvalue weighted by Crippen LogP contribution is 2.30. The molecule has 0 aliphatic carbocycles. The van der Waals surface area contributed by atoms with Gasteiger partial charge in [0, 0.05) is 26.0 Å². The fourth-order valence-corrected chi connectivity index (χ4v) is 3.41. The van der Waals surface area contributed by atoms with Gasteiger partial charge >= 0.3 is 0 Å². The van der Waals surface area contributed by atoms with Crippen molar-refractivity contribution in [2.75, 3.05) is 13.1 Å². The van der Waals surface area contributed by atoms with Gasteiger partial charge in [0.05, 0.1) is 6.54 Å². The highest BCUT2D eigenvalue weighted by atomic mass is 16.3. The number of aliphatic hydroxyl groups is 1. The number of aliphatic hydroxyl groups excluding tert-OH is 1. The molecule has 2 aromatic rings. The summed E-state index contributed by atoms with van der Waals surface area (Å²) in [5.74, 6) is 2.64. The van der Waals surface area contributed by atoms with Crippen LogP contribution in [0.5, 0.6) is 0 Å². The molecule has 3 rings (SSSR count). The van der Waals surface area contributed by atoms with Gasteiger partial charge in [0.2, 0.25) is 0 Å². The average Bonchev–Trinajstić information content (AvgIpc) is 3.16. The third kappa shape index (κ3) is 3.84. The van der Waals surface area contributed by atoms with Crippen LogP contribution in [-0.4, -0.2) is 47.4 Å². The first-order chi connectivity index (χ1) is 11.5. The summed E-state index contributed by atoms with van der Waals surface area (Å²) < 4.78 is 3.92. The molecule has 0 spiro atoms. The molecule has 1 saturated heterocycles. The monoisotopic (exact) mass is 332 g/mol.